The van der Waals surface area contributed by atoms with Gasteiger partial charge in [-0.3, -0.25) is 4.79 Å². The molecule has 0 heterocycles. The molecular formula is C18H18F2O4. The van der Waals surface area contributed by atoms with E-state index in [1.165, 1.54) is 26.0 Å². The van der Waals surface area contributed by atoms with E-state index in [9.17, 15) is 18.4 Å². The van der Waals surface area contributed by atoms with Gasteiger partial charge >= 0.3 is 5.97 Å². The van der Waals surface area contributed by atoms with Crippen molar-refractivity contribution in [1.82, 2.24) is 0 Å². The number of rotatable bonds is 7. The van der Waals surface area contributed by atoms with Gasteiger partial charge in [0.2, 0.25) is 0 Å². The summed E-state index contributed by atoms with van der Waals surface area (Å²) in [6.45, 7) is 8.16. The summed E-state index contributed by atoms with van der Waals surface area (Å²) in [5.41, 5.74) is 0.646. The summed E-state index contributed by atoms with van der Waals surface area (Å²) in [6, 6.07) is 3.75. The van der Waals surface area contributed by atoms with Crippen LogP contribution in [0.25, 0.3) is 5.57 Å². The summed E-state index contributed by atoms with van der Waals surface area (Å²) >= 11 is 0. The SMILES string of the molecule is C=C(C)C(=O)Oc1ccc(/C(CC)=C(F)/C=C(\C)OC=O)cc1F. The van der Waals surface area contributed by atoms with Gasteiger partial charge in [0, 0.05) is 11.6 Å². The topological polar surface area (TPSA) is 52.6 Å². The van der Waals surface area contributed by atoms with Crippen molar-refractivity contribution in [3.8, 4) is 5.75 Å². The highest BCUT2D eigenvalue weighted by atomic mass is 19.1. The van der Waals surface area contributed by atoms with Crippen LogP contribution in [0.4, 0.5) is 8.78 Å². The van der Waals surface area contributed by atoms with E-state index in [2.05, 4.69) is 11.3 Å². The summed E-state index contributed by atoms with van der Waals surface area (Å²) in [5.74, 6) is -2.39. The van der Waals surface area contributed by atoms with Gasteiger partial charge in [0.15, 0.2) is 11.6 Å². The first-order valence-electron chi connectivity index (χ1n) is 7.15. The van der Waals surface area contributed by atoms with Crippen molar-refractivity contribution in [2.75, 3.05) is 0 Å². The average molecular weight is 336 g/mol. The molecule has 0 bridgehead atoms. The Kier molecular flexibility index (Phi) is 7.04. The van der Waals surface area contributed by atoms with Crippen LogP contribution in [0.3, 0.4) is 0 Å². The van der Waals surface area contributed by atoms with Crippen LogP contribution >= 0.6 is 0 Å². The third-order valence-corrected chi connectivity index (χ3v) is 3.04. The van der Waals surface area contributed by atoms with Crippen LogP contribution in [0.2, 0.25) is 0 Å². The van der Waals surface area contributed by atoms with Gasteiger partial charge in [0.1, 0.15) is 11.6 Å². The molecule has 0 saturated carbocycles. The molecule has 0 aromatic heterocycles. The zero-order valence-corrected chi connectivity index (χ0v) is 13.7. The minimum absolute atomic E-state index is 0.0703. The quantitative estimate of drug-likeness (QED) is 0.184. The molecule has 6 heteroatoms. The van der Waals surface area contributed by atoms with E-state index in [1.807, 2.05) is 0 Å². The van der Waals surface area contributed by atoms with Crippen LogP contribution in [-0.2, 0) is 14.3 Å². The molecule has 0 unspecified atom stereocenters. The zero-order chi connectivity index (χ0) is 18.3. The lowest BCUT2D eigenvalue weighted by molar-refractivity contribution is -0.130. The summed E-state index contributed by atoms with van der Waals surface area (Å²) in [6.07, 6.45) is 1.32. The lowest BCUT2D eigenvalue weighted by Crippen LogP contribution is -2.09. The van der Waals surface area contributed by atoms with Crippen LogP contribution in [0.15, 0.2) is 48.0 Å². The Hall–Kier alpha value is -2.76. The number of ether oxygens (including phenoxy) is 2. The third-order valence-electron chi connectivity index (χ3n) is 3.04. The van der Waals surface area contributed by atoms with Crippen molar-refractivity contribution in [2.24, 2.45) is 0 Å². The van der Waals surface area contributed by atoms with Gasteiger partial charge < -0.3 is 9.47 Å². The van der Waals surface area contributed by atoms with Crippen LogP contribution in [0, 0.1) is 5.82 Å². The summed E-state index contributed by atoms with van der Waals surface area (Å²) < 4.78 is 37.7. The first-order chi connectivity index (χ1) is 11.3. The zero-order valence-electron chi connectivity index (χ0n) is 13.7. The number of halogens is 2. The Morgan fingerprint density at radius 1 is 1.33 bits per heavy atom. The third kappa shape index (κ3) is 5.15. The Morgan fingerprint density at radius 2 is 2.00 bits per heavy atom. The summed E-state index contributed by atoms with van der Waals surface area (Å²) in [7, 11) is 0. The Labute approximate surface area is 139 Å². The van der Waals surface area contributed by atoms with Crippen molar-refractivity contribution < 1.29 is 27.8 Å². The Bertz CT molecular complexity index is 718. The van der Waals surface area contributed by atoms with Crippen molar-refractivity contribution in [2.45, 2.75) is 27.2 Å². The number of benzene rings is 1. The number of hydrogen-bond acceptors (Lipinski definition) is 4. The molecule has 0 N–H and O–H groups in total. The van der Waals surface area contributed by atoms with Gasteiger partial charge in [-0.1, -0.05) is 19.6 Å². The fraction of sp³-hybridized carbons (Fsp3) is 0.222. The highest BCUT2D eigenvalue weighted by molar-refractivity contribution is 5.88. The molecule has 0 spiro atoms. The predicted molar refractivity (Wildman–Crippen MR) is 86.1 cm³/mol. The van der Waals surface area contributed by atoms with Crippen LogP contribution in [-0.4, -0.2) is 12.4 Å². The first kappa shape index (κ1) is 19.3. The molecule has 1 aromatic rings. The molecule has 0 amide bonds. The van der Waals surface area contributed by atoms with E-state index >= 15 is 0 Å². The number of carbonyl (C=O) groups is 2. The predicted octanol–water partition coefficient (Wildman–Crippen LogP) is 4.47. The maximum atomic E-state index is 14.3. The minimum atomic E-state index is -0.800. The average Bonchev–Trinajstić information content (AvgIpc) is 2.50. The van der Waals surface area contributed by atoms with E-state index in [4.69, 9.17) is 4.74 Å². The van der Waals surface area contributed by atoms with E-state index in [1.54, 1.807) is 6.92 Å². The van der Waals surface area contributed by atoms with Crippen LogP contribution in [0.1, 0.15) is 32.8 Å². The van der Waals surface area contributed by atoms with Gasteiger partial charge in [-0.15, -0.1) is 0 Å². The molecule has 0 saturated heterocycles. The van der Waals surface area contributed by atoms with Gasteiger partial charge in [-0.25, -0.2) is 13.6 Å². The fourth-order valence-corrected chi connectivity index (χ4v) is 1.84. The molecule has 0 aliphatic carbocycles. The maximum absolute atomic E-state index is 14.3. The van der Waals surface area contributed by atoms with Gasteiger partial charge in [0.25, 0.3) is 6.47 Å². The van der Waals surface area contributed by atoms with E-state index in [0.717, 1.165) is 12.1 Å². The number of hydrogen-bond donors (Lipinski definition) is 0. The maximum Gasteiger partial charge on any atom is 0.338 e. The molecule has 128 valence electrons. The molecule has 1 aromatic carbocycles. The van der Waals surface area contributed by atoms with Gasteiger partial charge in [0.05, 0.1) is 0 Å². The molecule has 4 nitrogen and oxygen atoms in total. The second-order valence-corrected chi connectivity index (χ2v) is 4.96. The minimum Gasteiger partial charge on any atom is -0.433 e. The number of esters is 1. The van der Waals surface area contributed by atoms with Crippen molar-refractivity contribution in [3.05, 3.63) is 59.4 Å². The van der Waals surface area contributed by atoms with E-state index in [0.29, 0.717) is 0 Å². The lowest BCUT2D eigenvalue weighted by atomic mass is 10.0. The molecule has 1 rings (SSSR count). The normalized spacial score (nSPS) is 12.3. The summed E-state index contributed by atoms with van der Waals surface area (Å²) in [5, 5.41) is 0. The van der Waals surface area contributed by atoms with Crippen molar-refractivity contribution in [1.29, 1.82) is 0 Å². The second kappa shape index (κ2) is 8.76. The number of carbonyl (C=O) groups excluding carboxylic acids is 2. The van der Waals surface area contributed by atoms with Gasteiger partial charge in [-0.2, -0.15) is 0 Å². The largest absolute Gasteiger partial charge is 0.433 e. The van der Waals surface area contributed by atoms with Gasteiger partial charge in [-0.05, 0) is 43.5 Å². The molecule has 0 atom stereocenters. The second-order valence-electron chi connectivity index (χ2n) is 4.96. The van der Waals surface area contributed by atoms with E-state index < -0.39 is 17.6 Å². The standard InChI is InChI=1S/C18H18F2O4/c1-5-14(15(19)8-12(4)23-10-21)13-6-7-17(16(20)9-13)24-18(22)11(2)3/h6-10H,2,5H2,1,3-4H3/b12-8+,15-14-. The van der Waals surface area contributed by atoms with Crippen molar-refractivity contribution in [3.63, 3.8) is 0 Å². The smallest absolute Gasteiger partial charge is 0.338 e. The summed E-state index contributed by atoms with van der Waals surface area (Å²) in [4.78, 5) is 21.6. The highest BCUT2D eigenvalue weighted by Gasteiger charge is 2.13. The monoisotopic (exact) mass is 336 g/mol. The molecule has 0 aliphatic rings. The van der Waals surface area contributed by atoms with Crippen LogP contribution in [0.5, 0.6) is 5.75 Å². The van der Waals surface area contributed by atoms with Crippen LogP contribution < -0.4 is 4.74 Å². The Morgan fingerprint density at radius 3 is 2.50 bits per heavy atom. The molecule has 0 fully saturated rings. The van der Waals surface area contributed by atoms with Crippen molar-refractivity contribution >= 4 is 18.0 Å². The molecule has 24 heavy (non-hydrogen) atoms. The molecule has 0 radical (unpaired) electrons. The first-order valence-corrected chi connectivity index (χ1v) is 7.15. The number of allylic oxidation sites excluding steroid dienone is 4. The Balaban J connectivity index is 3.18. The van der Waals surface area contributed by atoms with E-state index in [-0.39, 0.29) is 41.1 Å². The lowest BCUT2D eigenvalue weighted by Gasteiger charge is -2.10. The highest BCUT2D eigenvalue weighted by Crippen LogP contribution is 2.28. The molecular weight excluding hydrogens is 318 g/mol. The molecule has 0 aliphatic heterocycles. The fourth-order valence-electron chi connectivity index (χ4n) is 1.84.